The van der Waals surface area contributed by atoms with Crippen LogP contribution < -0.4 is 5.73 Å². The van der Waals surface area contributed by atoms with Crippen molar-refractivity contribution in [2.45, 2.75) is 42.5 Å². The highest BCUT2D eigenvalue weighted by molar-refractivity contribution is 8.00. The van der Waals surface area contributed by atoms with Crippen LogP contribution in [0, 0.1) is 0 Å². The molecule has 0 bridgehead atoms. The third-order valence-electron chi connectivity index (χ3n) is 3.58. The molecule has 0 saturated heterocycles. The summed E-state index contributed by atoms with van der Waals surface area (Å²) in [6.07, 6.45) is 6.04. The first-order valence-electron chi connectivity index (χ1n) is 6.80. The highest BCUT2D eigenvalue weighted by Gasteiger charge is 2.30. The van der Waals surface area contributed by atoms with Crippen molar-refractivity contribution in [3.63, 3.8) is 0 Å². The molecule has 0 saturated carbocycles. The highest BCUT2D eigenvalue weighted by Crippen LogP contribution is 2.41. The molecule has 2 aromatic rings. The summed E-state index contributed by atoms with van der Waals surface area (Å²) in [5.41, 5.74) is 7.87. The van der Waals surface area contributed by atoms with Crippen LogP contribution in [0.25, 0.3) is 0 Å². The zero-order chi connectivity index (χ0) is 13.2. The summed E-state index contributed by atoms with van der Waals surface area (Å²) >= 11 is 1.89. The molecule has 100 valence electrons. The van der Waals surface area contributed by atoms with E-state index in [1.54, 1.807) is 0 Å². The standard InChI is InChI=1S/C15H19N3S/c1-2-8-18-9-7-17-15(18)14(16)13-10-11-5-3-4-6-12(11)19-13/h3-7,9,13-14H,2,8,10,16H2,1H3. The lowest BCUT2D eigenvalue weighted by Crippen LogP contribution is -2.26. The number of thioether (sulfide) groups is 1. The first kappa shape index (κ1) is 12.8. The monoisotopic (exact) mass is 273 g/mol. The van der Waals surface area contributed by atoms with E-state index >= 15 is 0 Å². The van der Waals surface area contributed by atoms with Crippen LogP contribution in [0.3, 0.4) is 0 Å². The van der Waals surface area contributed by atoms with Crippen molar-refractivity contribution in [3.8, 4) is 0 Å². The Hall–Kier alpha value is -1.26. The highest BCUT2D eigenvalue weighted by atomic mass is 32.2. The van der Waals surface area contributed by atoms with Gasteiger partial charge in [0, 0.05) is 29.1 Å². The number of nitrogens with zero attached hydrogens (tertiary/aromatic N) is 2. The van der Waals surface area contributed by atoms with Crippen molar-refractivity contribution in [2.24, 2.45) is 5.73 Å². The molecule has 2 atom stereocenters. The molecule has 1 aliphatic heterocycles. The van der Waals surface area contributed by atoms with Crippen LogP contribution in [0.2, 0.25) is 0 Å². The van der Waals surface area contributed by atoms with Crippen molar-refractivity contribution in [1.29, 1.82) is 0 Å². The van der Waals surface area contributed by atoms with E-state index in [1.165, 1.54) is 10.5 Å². The van der Waals surface area contributed by atoms with Crippen LogP contribution in [0.5, 0.6) is 0 Å². The number of hydrogen-bond acceptors (Lipinski definition) is 3. The average Bonchev–Trinajstić information content (AvgIpc) is 3.04. The Morgan fingerprint density at radius 2 is 2.32 bits per heavy atom. The molecule has 0 amide bonds. The second kappa shape index (κ2) is 5.39. The molecule has 1 aromatic heterocycles. The van der Waals surface area contributed by atoms with Gasteiger partial charge < -0.3 is 10.3 Å². The summed E-state index contributed by atoms with van der Waals surface area (Å²) in [4.78, 5) is 5.84. The predicted molar refractivity (Wildman–Crippen MR) is 79.2 cm³/mol. The Kier molecular flexibility index (Phi) is 3.62. The molecule has 2 heterocycles. The molecule has 1 aromatic carbocycles. The van der Waals surface area contributed by atoms with E-state index < -0.39 is 0 Å². The minimum absolute atomic E-state index is 0.000972. The smallest absolute Gasteiger partial charge is 0.126 e. The van der Waals surface area contributed by atoms with Gasteiger partial charge in [0.15, 0.2) is 0 Å². The molecule has 0 spiro atoms. The van der Waals surface area contributed by atoms with Gasteiger partial charge >= 0.3 is 0 Å². The van der Waals surface area contributed by atoms with E-state index in [2.05, 4.69) is 40.7 Å². The van der Waals surface area contributed by atoms with Crippen LogP contribution in [0.15, 0.2) is 41.6 Å². The van der Waals surface area contributed by atoms with Gasteiger partial charge in [0.2, 0.25) is 0 Å². The number of fused-ring (bicyclic) bond motifs is 1. The summed E-state index contributed by atoms with van der Waals surface area (Å²) in [7, 11) is 0. The number of aryl methyl sites for hydroxylation is 1. The van der Waals surface area contributed by atoms with Gasteiger partial charge in [-0.1, -0.05) is 25.1 Å². The summed E-state index contributed by atoms with van der Waals surface area (Å²) in [6.45, 7) is 3.17. The molecular formula is C15H19N3S. The zero-order valence-corrected chi connectivity index (χ0v) is 11.9. The second-order valence-electron chi connectivity index (χ2n) is 4.97. The lowest BCUT2D eigenvalue weighted by atomic mass is 10.1. The fourth-order valence-electron chi connectivity index (χ4n) is 2.62. The van der Waals surface area contributed by atoms with E-state index in [0.717, 1.165) is 25.2 Å². The van der Waals surface area contributed by atoms with E-state index in [9.17, 15) is 0 Å². The topological polar surface area (TPSA) is 43.8 Å². The zero-order valence-electron chi connectivity index (χ0n) is 11.1. The largest absolute Gasteiger partial charge is 0.334 e. The van der Waals surface area contributed by atoms with Gasteiger partial charge in [0.05, 0.1) is 6.04 Å². The van der Waals surface area contributed by atoms with Crippen LogP contribution in [0.4, 0.5) is 0 Å². The molecule has 0 fully saturated rings. The van der Waals surface area contributed by atoms with Gasteiger partial charge in [-0.3, -0.25) is 0 Å². The molecule has 4 heteroatoms. The van der Waals surface area contributed by atoms with Gasteiger partial charge in [-0.15, -0.1) is 11.8 Å². The van der Waals surface area contributed by atoms with Crippen molar-refractivity contribution < 1.29 is 0 Å². The fraction of sp³-hybridized carbons (Fsp3) is 0.400. The second-order valence-corrected chi connectivity index (χ2v) is 6.25. The fourth-order valence-corrected chi connectivity index (χ4v) is 3.94. The number of aromatic nitrogens is 2. The Morgan fingerprint density at radius 3 is 3.11 bits per heavy atom. The van der Waals surface area contributed by atoms with Gasteiger partial charge in [0.25, 0.3) is 0 Å². The van der Waals surface area contributed by atoms with Crippen molar-refractivity contribution in [2.75, 3.05) is 0 Å². The lowest BCUT2D eigenvalue weighted by molar-refractivity contribution is 0.561. The third-order valence-corrected chi connectivity index (χ3v) is 5.00. The molecule has 3 rings (SSSR count). The summed E-state index contributed by atoms with van der Waals surface area (Å²) < 4.78 is 2.19. The Labute approximate surface area is 118 Å². The maximum Gasteiger partial charge on any atom is 0.126 e. The lowest BCUT2D eigenvalue weighted by Gasteiger charge is -2.19. The van der Waals surface area contributed by atoms with Gasteiger partial charge in [-0.05, 0) is 24.5 Å². The maximum absolute atomic E-state index is 6.45. The Bertz CT molecular complexity index is 539. The van der Waals surface area contributed by atoms with Crippen molar-refractivity contribution in [1.82, 2.24) is 9.55 Å². The Balaban J connectivity index is 1.79. The van der Waals surface area contributed by atoms with Gasteiger partial charge in [-0.25, -0.2) is 4.98 Å². The van der Waals surface area contributed by atoms with E-state index in [0.29, 0.717) is 5.25 Å². The predicted octanol–water partition coefficient (Wildman–Crippen LogP) is 3.01. The van der Waals surface area contributed by atoms with Crippen LogP contribution >= 0.6 is 11.8 Å². The molecule has 1 aliphatic rings. The summed E-state index contributed by atoms with van der Waals surface area (Å²) in [5, 5.41) is 0.399. The number of rotatable bonds is 4. The normalized spacial score (nSPS) is 19.4. The van der Waals surface area contributed by atoms with Crippen molar-refractivity contribution in [3.05, 3.63) is 48.0 Å². The number of nitrogens with two attached hydrogens (primary N) is 1. The first-order valence-corrected chi connectivity index (χ1v) is 7.68. The summed E-state index contributed by atoms with van der Waals surface area (Å²) in [5.74, 6) is 1.02. The van der Waals surface area contributed by atoms with E-state index in [-0.39, 0.29) is 6.04 Å². The third kappa shape index (κ3) is 2.42. The molecule has 0 aliphatic carbocycles. The number of imidazole rings is 1. The quantitative estimate of drug-likeness (QED) is 0.931. The molecule has 19 heavy (non-hydrogen) atoms. The molecule has 2 unspecified atom stereocenters. The molecule has 3 nitrogen and oxygen atoms in total. The molecule has 2 N–H and O–H groups in total. The first-order chi connectivity index (χ1) is 9.29. The van der Waals surface area contributed by atoms with Crippen LogP contribution in [0.1, 0.15) is 30.8 Å². The minimum Gasteiger partial charge on any atom is -0.334 e. The Morgan fingerprint density at radius 1 is 1.47 bits per heavy atom. The van der Waals surface area contributed by atoms with Crippen LogP contribution in [-0.2, 0) is 13.0 Å². The van der Waals surface area contributed by atoms with E-state index in [1.807, 2.05) is 24.2 Å². The van der Waals surface area contributed by atoms with E-state index in [4.69, 9.17) is 5.73 Å². The molecule has 0 radical (unpaired) electrons. The SMILES string of the molecule is CCCn1ccnc1C(N)C1Cc2ccccc2S1. The van der Waals surface area contributed by atoms with Gasteiger partial charge in [0.1, 0.15) is 5.82 Å². The van der Waals surface area contributed by atoms with Gasteiger partial charge in [-0.2, -0.15) is 0 Å². The van der Waals surface area contributed by atoms with Crippen LogP contribution in [-0.4, -0.2) is 14.8 Å². The maximum atomic E-state index is 6.45. The number of benzene rings is 1. The molecular weight excluding hydrogens is 254 g/mol. The average molecular weight is 273 g/mol. The number of hydrogen-bond donors (Lipinski definition) is 1. The van der Waals surface area contributed by atoms with Crippen molar-refractivity contribution >= 4 is 11.8 Å². The minimum atomic E-state index is -0.000972. The summed E-state index contributed by atoms with van der Waals surface area (Å²) in [6, 6.07) is 8.58.